The van der Waals surface area contributed by atoms with E-state index < -0.39 is 63.8 Å². The van der Waals surface area contributed by atoms with Gasteiger partial charge in [-0.2, -0.15) is 10.2 Å². The predicted molar refractivity (Wildman–Crippen MR) is 139 cm³/mol. The molecule has 2 N–H and O–H groups in total. The highest BCUT2D eigenvalue weighted by Crippen LogP contribution is 2.30. The van der Waals surface area contributed by atoms with Gasteiger partial charge in [0.25, 0.3) is 11.4 Å². The monoisotopic (exact) mass is 564 g/mol. The molecule has 206 valence electrons. The third-order valence-electron chi connectivity index (χ3n) is 5.40. The number of rotatable bonds is 8. The minimum Gasteiger partial charge on any atom is -0.272 e. The molecule has 1 aliphatic rings. The van der Waals surface area contributed by atoms with Gasteiger partial charge in [-0.05, 0) is 37.8 Å². The summed E-state index contributed by atoms with van der Waals surface area (Å²) in [4.78, 5) is 41.2. The number of benzene rings is 2. The molecular weight excluding hydrogens is 544 g/mol. The van der Waals surface area contributed by atoms with Gasteiger partial charge in [-0.15, -0.1) is 0 Å². The molecule has 2 aromatic rings. The Hall–Kier alpha value is -5.07. The van der Waals surface area contributed by atoms with Gasteiger partial charge >= 0.3 is 11.4 Å². The summed E-state index contributed by atoms with van der Waals surface area (Å²) in [6, 6.07) is 5.79. The standard InChI is InChI=1S/C20H20N8O10S/c29-25(30)15-5-7-17(19(9-15)27(33)34)23-21-13-3-1-2-4-14(12-39(37,38)11-13)22-24-18-8-6-16(26(31)32)10-20(18)28(35)36/h5-10,23-24H,1-4,11-12H2/b21-13+,22-14+. The minimum atomic E-state index is -3.85. The molecule has 0 saturated carbocycles. The van der Waals surface area contributed by atoms with Gasteiger partial charge in [0.2, 0.25) is 0 Å². The third-order valence-corrected chi connectivity index (χ3v) is 6.95. The summed E-state index contributed by atoms with van der Waals surface area (Å²) in [5.41, 5.74) is 2.66. The molecule has 0 bridgehead atoms. The summed E-state index contributed by atoms with van der Waals surface area (Å²) in [6.45, 7) is 0. The van der Waals surface area contributed by atoms with Crippen LogP contribution in [0.4, 0.5) is 34.1 Å². The lowest BCUT2D eigenvalue weighted by atomic mass is 10.1. The smallest absolute Gasteiger partial charge is 0.272 e. The third kappa shape index (κ3) is 7.71. The van der Waals surface area contributed by atoms with Crippen LogP contribution in [-0.4, -0.2) is 51.0 Å². The summed E-state index contributed by atoms with van der Waals surface area (Å²) in [7, 11) is -3.85. The van der Waals surface area contributed by atoms with Gasteiger partial charge in [0.1, 0.15) is 11.4 Å². The highest BCUT2D eigenvalue weighted by Gasteiger charge is 2.24. The molecule has 1 saturated heterocycles. The van der Waals surface area contributed by atoms with Crippen LogP contribution in [-0.2, 0) is 9.84 Å². The second-order valence-corrected chi connectivity index (χ2v) is 10.3. The van der Waals surface area contributed by atoms with Crippen molar-refractivity contribution in [2.45, 2.75) is 25.7 Å². The molecule has 0 spiro atoms. The van der Waals surface area contributed by atoms with Gasteiger partial charge in [-0.3, -0.25) is 51.3 Å². The van der Waals surface area contributed by atoms with Crippen molar-refractivity contribution in [2.75, 3.05) is 22.4 Å². The summed E-state index contributed by atoms with van der Waals surface area (Å²) in [5, 5.41) is 52.5. The van der Waals surface area contributed by atoms with E-state index in [1.807, 2.05) is 0 Å². The molecule has 18 nitrogen and oxygen atoms in total. The Balaban J connectivity index is 1.79. The first-order chi connectivity index (χ1) is 18.4. The van der Waals surface area contributed by atoms with Crippen molar-refractivity contribution in [3.8, 4) is 0 Å². The molecule has 39 heavy (non-hydrogen) atoms. The Morgan fingerprint density at radius 3 is 1.36 bits per heavy atom. The van der Waals surface area contributed by atoms with Crippen LogP contribution in [0.5, 0.6) is 0 Å². The van der Waals surface area contributed by atoms with E-state index in [0.29, 0.717) is 12.8 Å². The molecule has 0 amide bonds. The lowest BCUT2D eigenvalue weighted by molar-refractivity contribution is -0.393. The lowest BCUT2D eigenvalue weighted by Gasteiger charge is -2.08. The first-order valence-electron chi connectivity index (χ1n) is 11.1. The molecule has 0 unspecified atom stereocenters. The molecule has 3 rings (SSSR count). The molecule has 1 fully saturated rings. The zero-order valence-corrected chi connectivity index (χ0v) is 20.7. The fraction of sp³-hybridized carbons (Fsp3) is 0.300. The van der Waals surface area contributed by atoms with Gasteiger partial charge < -0.3 is 0 Å². The van der Waals surface area contributed by atoms with Crippen LogP contribution in [0, 0.1) is 40.5 Å². The second-order valence-electron chi connectivity index (χ2n) is 8.25. The van der Waals surface area contributed by atoms with Crippen molar-refractivity contribution in [3.05, 3.63) is 76.9 Å². The van der Waals surface area contributed by atoms with Crippen molar-refractivity contribution >= 4 is 55.4 Å². The highest BCUT2D eigenvalue weighted by atomic mass is 32.2. The largest absolute Gasteiger partial charge is 0.301 e. The number of hydrogen-bond acceptors (Lipinski definition) is 14. The van der Waals surface area contributed by atoms with E-state index >= 15 is 0 Å². The average molecular weight is 564 g/mol. The SMILES string of the molecule is O=[N+]([O-])c1ccc(N/N=C2\CCCC/C(=N\Nc3ccc([N+](=O)[O-])cc3[N+](=O)[O-])CS(=O)(=O)C2)c([N+](=O)[O-])c1. The van der Waals surface area contributed by atoms with Crippen LogP contribution in [0.3, 0.4) is 0 Å². The normalized spacial score (nSPS) is 17.4. The quantitative estimate of drug-likeness (QED) is 0.344. The maximum Gasteiger partial charge on any atom is 0.301 e. The highest BCUT2D eigenvalue weighted by molar-refractivity contribution is 7.92. The van der Waals surface area contributed by atoms with Gasteiger partial charge in [-0.25, -0.2) is 8.42 Å². The summed E-state index contributed by atoms with van der Waals surface area (Å²) in [5.74, 6) is -1.03. The Labute approximate surface area is 218 Å². The molecule has 0 atom stereocenters. The van der Waals surface area contributed by atoms with E-state index in [2.05, 4.69) is 21.1 Å². The number of nitrogens with one attached hydrogen (secondary N) is 2. The lowest BCUT2D eigenvalue weighted by Crippen LogP contribution is -2.23. The van der Waals surface area contributed by atoms with Crippen LogP contribution < -0.4 is 10.9 Å². The Kier molecular flexibility index (Phi) is 8.76. The molecule has 0 aliphatic carbocycles. The Morgan fingerprint density at radius 2 is 1.03 bits per heavy atom. The fourth-order valence-corrected chi connectivity index (χ4v) is 5.11. The number of anilines is 2. The van der Waals surface area contributed by atoms with E-state index in [-0.39, 0.29) is 35.6 Å². The number of nitro benzene ring substituents is 4. The second kappa shape index (κ2) is 12.0. The maximum absolute atomic E-state index is 12.8. The molecule has 1 heterocycles. The number of non-ortho nitro benzene ring substituents is 2. The Bertz CT molecular complexity index is 1400. The molecule has 2 aromatic carbocycles. The molecule has 0 aromatic heterocycles. The zero-order valence-electron chi connectivity index (χ0n) is 19.9. The Morgan fingerprint density at radius 1 is 0.641 bits per heavy atom. The number of sulfone groups is 1. The minimum absolute atomic E-state index is 0.161. The van der Waals surface area contributed by atoms with Gasteiger partial charge in [0.05, 0.1) is 54.8 Å². The van der Waals surface area contributed by atoms with Crippen molar-refractivity contribution in [3.63, 3.8) is 0 Å². The van der Waals surface area contributed by atoms with Crippen molar-refractivity contribution in [1.29, 1.82) is 0 Å². The van der Waals surface area contributed by atoms with Crippen LogP contribution in [0.2, 0.25) is 0 Å². The molecule has 1 aliphatic heterocycles. The molecule has 0 radical (unpaired) electrons. The van der Waals surface area contributed by atoms with E-state index in [9.17, 15) is 48.9 Å². The van der Waals surface area contributed by atoms with Crippen LogP contribution in [0.1, 0.15) is 25.7 Å². The first kappa shape index (κ1) is 28.5. The summed E-state index contributed by atoms with van der Waals surface area (Å²) in [6.07, 6.45) is 1.38. The van der Waals surface area contributed by atoms with E-state index in [0.717, 1.165) is 36.4 Å². The number of hydrogen-bond donors (Lipinski definition) is 2. The van der Waals surface area contributed by atoms with E-state index in [4.69, 9.17) is 0 Å². The van der Waals surface area contributed by atoms with Crippen molar-refractivity contribution in [2.24, 2.45) is 10.2 Å². The topological polar surface area (TPSA) is 255 Å². The van der Waals surface area contributed by atoms with Crippen LogP contribution in [0.25, 0.3) is 0 Å². The summed E-state index contributed by atoms with van der Waals surface area (Å²) >= 11 is 0. The fourth-order valence-electron chi connectivity index (χ4n) is 3.57. The van der Waals surface area contributed by atoms with Crippen LogP contribution >= 0.6 is 0 Å². The van der Waals surface area contributed by atoms with Crippen molar-refractivity contribution < 1.29 is 28.1 Å². The van der Waals surface area contributed by atoms with E-state index in [1.165, 1.54) is 0 Å². The number of nitro groups is 4. The summed E-state index contributed by atoms with van der Waals surface area (Å²) < 4.78 is 25.7. The number of hydrazone groups is 2. The zero-order chi connectivity index (χ0) is 28.7. The van der Waals surface area contributed by atoms with Crippen LogP contribution in [0.15, 0.2) is 46.6 Å². The van der Waals surface area contributed by atoms with Gasteiger partial charge in [0.15, 0.2) is 9.84 Å². The van der Waals surface area contributed by atoms with Gasteiger partial charge in [0, 0.05) is 12.1 Å². The predicted octanol–water partition coefficient (Wildman–Crippen LogP) is 3.54. The maximum atomic E-state index is 12.8. The molecular formula is C20H20N8O10S. The first-order valence-corrected chi connectivity index (χ1v) is 12.9. The van der Waals surface area contributed by atoms with Crippen molar-refractivity contribution in [1.82, 2.24) is 0 Å². The van der Waals surface area contributed by atoms with E-state index in [1.54, 1.807) is 0 Å². The number of nitrogens with zero attached hydrogens (tertiary/aromatic N) is 6. The molecule has 19 heteroatoms. The van der Waals surface area contributed by atoms with Gasteiger partial charge in [-0.1, -0.05) is 0 Å². The average Bonchev–Trinajstić information content (AvgIpc) is 2.93.